The third-order valence-corrected chi connectivity index (χ3v) is 6.91. The summed E-state index contributed by atoms with van der Waals surface area (Å²) in [6, 6.07) is 14.0. The Morgan fingerprint density at radius 3 is 2.34 bits per heavy atom. The highest BCUT2D eigenvalue weighted by atomic mass is 16.7. The number of carbonyl (C=O) groups excluding carboxylic acids is 2. The van der Waals surface area contributed by atoms with E-state index in [4.69, 9.17) is 24.1 Å². The Hall–Kier alpha value is -4.49. The Bertz CT molecular complexity index is 1550. The Kier molecular flexibility index (Phi) is 7.65. The quantitative estimate of drug-likeness (QED) is 0.197. The van der Waals surface area contributed by atoms with E-state index in [9.17, 15) is 34.8 Å². The van der Waals surface area contributed by atoms with E-state index in [1.165, 1.54) is 19.3 Å². The van der Waals surface area contributed by atoms with Gasteiger partial charge in [0.2, 0.25) is 12.1 Å². The van der Waals surface area contributed by atoms with Crippen LogP contribution in [0.2, 0.25) is 0 Å². The molecular formula is C29H26O12. The maximum absolute atomic E-state index is 12.9. The molecule has 12 nitrogen and oxygen atoms in total. The Morgan fingerprint density at radius 1 is 0.951 bits per heavy atom. The van der Waals surface area contributed by atoms with Crippen molar-refractivity contribution in [1.29, 1.82) is 0 Å². The molecule has 0 bridgehead atoms. The maximum atomic E-state index is 12.9. The number of carbonyl (C=O) groups is 3. The zero-order chi connectivity index (χ0) is 29.4. The molecular weight excluding hydrogens is 540 g/mol. The topological polar surface area (TPSA) is 189 Å². The van der Waals surface area contributed by atoms with E-state index < -0.39 is 67.2 Å². The summed E-state index contributed by atoms with van der Waals surface area (Å²) >= 11 is 0. The van der Waals surface area contributed by atoms with Gasteiger partial charge in [-0.15, -0.1) is 0 Å². The standard InChI is InChI=1S/C29H26O12/c1-38-18-10-14-9-17(30)24(34)16-8-7-15(13-5-3-2-4-6-13)23(22(14)16)28(18)41-29-27(37)26(36)25(35)19(40-29)12-39-21(33)11-20(31)32/h2-10,19,25-27,29-30,35-37H,11-12H2,1H3,(H,31,32)/t19-,25-,26+,27-,29+/m1/s1. The number of carboxylic acid groups (broad SMARTS) is 1. The molecule has 1 aliphatic carbocycles. The van der Waals surface area contributed by atoms with Crippen LogP contribution < -0.4 is 9.47 Å². The molecule has 12 heteroatoms. The summed E-state index contributed by atoms with van der Waals surface area (Å²) in [7, 11) is 1.37. The lowest BCUT2D eigenvalue weighted by Crippen LogP contribution is -2.60. The number of Topliss-reactive ketones (excluding diaryl/α,β-unsaturated/α-hetero) is 1. The van der Waals surface area contributed by atoms with Crippen molar-refractivity contribution >= 4 is 34.6 Å². The average Bonchev–Trinajstić information content (AvgIpc) is 2.96. The smallest absolute Gasteiger partial charge is 0.317 e. The van der Waals surface area contributed by atoms with Crippen molar-refractivity contribution < 1.29 is 58.9 Å². The Labute approximate surface area is 232 Å². The highest BCUT2D eigenvalue weighted by molar-refractivity contribution is 6.24. The van der Waals surface area contributed by atoms with Gasteiger partial charge in [-0.3, -0.25) is 14.4 Å². The molecule has 0 spiro atoms. The fourth-order valence-corrected chi connectivity index (χ4v) is 4.94. The van der Waals surface area contributed by atoms with Crippen LogP contribution in [0.25, 0.3) is 28.0 Å². The van der Waals surface area contributed by atoms with Crippen LogP contribution in [0, 0.1) is 0 Å². The molecule has 214 valence electrons. The number of rotatable bonds is 8. The minimum absolute atomic E-state index is 0.0313. The number of esters is 1. The van der Waals surface area contributed by atoms with Gasteiger partial charge in [-0.1, -0.05) is 36.4 Å². The first kappa shape index (κ1) is 28.1. The number of aliphatic hydroxyl groups is 4. The van der Waals surface area contributed by atoms with Gasteiger partial charge in [0.15, 0.2) is 17.3 Å². The van der Waals surface area contributed by atoms with Crippen LogP contribution in [0.15, 0.2) is 54.3 Å². The number of benzene rings is 3. The highest BCUT2D eigenvalue weighted by Crippen LogP contribution is 2.47. The van der Waals surface area contributed by atoms with Gasteiger partial charge in [0.05, 0.1) is 7.11 Å². The monoisotopic (exact) mass is 566 g/mol. The number of methoxy groups -OCH3 is 1. The third kappa shape index (κ3) is 5.21. The first-order valence-electron chi connectivity index (χ1n) is 12.5. The van der Waals surface area contributed by atoms with Crippen molar-refractivity contribution in [2.24, 2.45) is 0 Å². The van der Waals surface area contributed by atoms with E-state index >= 15 is 0 Å². The van der Waals surface area contributed by atoms with E-state index in [2.05, 4.69) is 0 Å². The molecule has 1 saturated heterocycles. The van der Waals surface area contributed by atoms with Gasteiger partial charge in [-0.25, -0.2) is 0 Å². The minimum Gasteiger partial charge on any atom is -0.504 e. The largest absolute Gasteiger partial charge is 0.504 e. The molecule has 2 aliphatic rings. The number of hydrogen-bond acceptors (Lipinski definition) is 11. The number of ketones is 1. The van der Waals surface area contributed by atoms with Crippen molar-refractivity contribution in [3.63, 3.8) is 0 Å². The van der Waals surface area contributed by atoms with Crippen LogP contribution in [0.3, 0.4) is 0 Å². The average molecular weight is 567 g/mol. The predicted octanol–water partition coefficient (Wildman–Crippen LogP) is 1.81. The molecule has 3 aromatic carbocycles. The van der Waals surface area contributed by atoms with Crippen LogP contribution in [0.1, 0.15) is 22.3 Å². The summed E-state index contributed by atoms with van der Waals surface area (Å²) in [5.41, 5.74) is 2.04. The molecule has 0 saturated carbocycles. The number of aliphatic carboxylic acids is 1. The van der Waals surface area contributed by atoms with Crippen LogP contribution in [0.4, 0.5) is 0 Å². The second kappa shape index (κ2) is 11.2. The molecule has 1 heterocycles. The Morgan fingerprint density at radius 2 is 1.66 bits per heavy atom. The van der Waals surface area contributed by atoms with Gasteiger partial charge < -0.3 is 44.5 Å². The van der Waals surface area contributed by atoms with E-state index in [0.29, 0.717) is 21.9 Å². The van der Waals surface area contributed by atoms with Crippen LogP contribution in [0.5, 0.6) is 11.5 Å². The lowest BCUT2D eigenvalue weighted by atomic mass is 9.86. The molecule has 1 aliphatic heterocycles. The van der Waals surface area contributed by atoms with Crippen molar-refractivity contribution in [2.75, 3.05) is 13.7 Å². The lowest BCUT2D eigenvalue weighted by Gasteiger charge is -2.40. The molecule has 5 N–H and O–H groups in total. The van der Waals surface area contributed by atoms with Gasteiger partial charge in [-0.05, 0) is 34.9 Å². The highest BCUT2D eigenvalue weighted by Gasteiger charge is 2.46. The zero-order valence-electron chi connectivity index (χ0n) is 21.6. The molecule has 0 aromatic heterocycles. The summed E-state index contributed by atoms with van der Waals surface area (Å²) in [5.74, 6) is -3.39. The molecule has 41 heavy (non-hydrogen) atoms. The molecule has 0 unspecified atom stereocenters. The van der Waals surface area contributed by atoms with Crippen molar-refractivity contribution in [3.8, 4) is 22.6 Å². The van der Waals surface area contributed by atoms with Gasteiger partial charge >= 0.3 is 11.9 Å². The minimum atomic E-state index is -1.79. The van der Waals surface area contributed by atoms with Crippen molar-refractivity contribution in [3.05, 3.63) is 65.4 Å². The van der Waals surface area contributed by atoms with Crippen molar-refractivity contribution in [2.45, 2.75) is 37.1 Å². The van der Waals surface area contributed by atoms with Gasteiger partial charge in [-0.2, -0.15) is 0 Å². The second-order valence-corrected chi connectivity index (χ2v) is 9.52. The van der Waals surface area contributed by atoms with E-state index in [1.807, 2.05) is 30.3 Å². The maximum Gasteiger partial charge on any atom is 0.317 e. The normalized spacial score (nSPS) is 23.6. The third-order valence-electron chi connectivity index (χ3n) is 6.91. The first-order valence-corrected chi connectivity index (χ1v) is 12.5. The molecule has 3 aromatic rings. The summed E-state index contributed by atoms with van der Waals surface area (Å²) in [6.45, 7) is -0.633. The Balaban J connectivity index is 1.60. The molecule has 0 radical (unpaired) electrons. The summed E-state index contributed by atoms with van der Waals surface area (Å²) in [5, 5.41) is 51.6. The lowest BCUT2D eigenvalue weighted by molar-refractivity contribution is -0.278. The van der Waals surface area contributed by atoms with E-state index in [0.717, 1.165) is 5.56 Å². The number of allylic oxidation sites excluding steroid dienone is 1. The van der Waals surface area contributed by atoms with Crippen LogP contribution in [-0.4, -0.2) is 87.7 Å². The summed E-state index contributed by atoms with van der Waals surface area (Å²) in [4.78, 5) is 35.4. The summed E-state index contributed by atoms with van der Waals surface area (Å²) < 4.78 is 22.3. The molecule has 5 atom stereocenters. The second-order valence-electron chi connectivity index (χ2n) is 9.52. The van der Waals surface area contributed by atoms with E-state index in [-0.39, 0.29) is 17.1 Å². The number of carboxylic acids is 1. The molecule has 1 fully saturated rings. The van der Waals surface area contributed by atoms with Gasteiger partial charge in [0.1, 0.15) is 37.4 Å². The fraction of sp³-hybridized carbons (Fsp3) is 0.276. The summed E-state index contributed by atoms with van der Waals surface area (Å²) in [6.07, 6.45) is -7.91. The van der Waals surface area contributed by atoms with Gasteiger partial charge in [0.25, 0.3) is 0 Å². The molecule has 0 amide bonds. The van der Waals surface area contributed by atoms with Crippen molar-refractivity contribution in [1.82, 2.24) is 0 Å². The van der Waals surface area contributed by atoms with E-state index in [1.54, 1.807) is 12.1 Å². The predicted molar refractivity (Wildman–Crippen MR) is 141 cm³/mol. The van der Waals surface area contributed by atoms with Crippen LogP contribution in [-0.2, 0) is 19.1 Å². The number of ether oxygens (including phenoxy) is 4. The van der Waals surface area contributed by atoms with Crippen LogP contribution >= 0.6 is 0 Å². The van der Waals surface area contributed by atoms with Gasteiger partial charge in [0, 0.05) is 16.3 Å². The number of aliphatic hydroxyl groups excluding tert-OH is 4. The first-order chi connectivity index (χ1) is 19.6. The zero-order valence-corrected chi connectivity index (χ0v) is 21.6. The number of hydrogen-bond donors (Lipinski definition) is 5. The molecule has 5 rings (SSSR count). The SMILES string of the molecule is COc1cc2c3c(ccc(-c4ccccc4)c3c1O[C@@H]1O[C@H](COC(=O)CC(=O)O)[C@@H](O)[C@H](O)[C@H]1O)C(=O)C(O)=C2. The fourth-order valence-electron chi connectivity index (χ4n) is 4.94.